The number of benzene rings is 1. The van der Waals surface area contributed by atoms with E-state index in [0.717, 1.165) is 5.56 Å². The zero-order valence-corrected chi connectivity index (χ0v) is 10.9. The molecule has 1 atom stereocenters. The van der Waals surface area contributed by atoms with Crippen molar-refractivity contribution in [2.75, 3.05) is 35.5 Å². The number of hydrogen-bond donors (Lipinski definition) is 1. The average molecular weight is 241 g/mol. The lowest BCUT2D eigenvalue weighted by molar-refractivity contribution is 0.0762. The highest BCUT2D eigenvalue weighted by atomic mass is 16.5. The van der Waals surface area contributed by atoms with Gasteiger partial charge in [-0.05, 0) is 7.05 Å². The Hall–Kier alpha value is -1.46. The lowest BCUT2D eigenvalue weighted by Gasteiger charge is -2.21. The maximum absolute atomic E-state index is 5.33. The summed E-state index contributed by atoms with van der Waals surface area (Å²) in [7, 11) is 8.21. The molecule has 1 unspecified atom stereocenters. The standard InChI is InChI=1S/C12H19NO4/c1-13-12(17-5)11-9(15-3)6-8(14-2)7-10(11)16-4/h6-7,12-13H,1-5H3. The van der Waals surface area contributed by atoms with Crippen molar-refractivity contribution in [3.8, 4) is 17.2 Å². The third-order valence-corrected chi connectivity index (χ3v) is 2.51. The molecule has 0 heterocycles. The molecule has 0 saturated carbocycles. The average Bonchev–Trinajstić information content (AvgIpc) is 2.39. The van der Waals surface area contributed by atoms with Crippen molar-refractivity contribution in [2.24, 2.45) is 0 Å². The van der Waals surface area contributed by atoms with E-state index in [1.807, 2.05) is 0 Å². The Morgan fingerprint density at radius 3 is 1.76 bits per heavy atom. The van der Waals surface area contributed by atoms with Crippen LogP contribution in [0.4, 0.5) is 0 Å². The molecule has 0 bridgehead atoms. The summed E-state index contributed by atoms with van der Waals surface area (Å²) < 4.78 is 21.2. The van der Waals surface area contributed by atoms with Gasteiger partial charge in [-0.15, -0.1) is 0 Å². The van der Waals surface area contributed by atoms with Crippen LogP contribution in [-0.4, -0.2) is 35.5 Å². The van der Waals surface area contributed by atoms with Crippen molar-refractivity contribution < 1.29 is 18.9 Å². The van der Waals surface area contributed by atoms with Gasteiger partial charge in [0.15, 0.2) is 0 Å². The van der Waals surface area contributed by atoms with Gasteiger partial charge in [0.25, 0.3) is 0 Å². The Balaban J connectivity index is 3.33. The van der Waals surface area contributed by atoms with Crippen LogP contribution in [0.3, 0.4) is 0 Å². The third kappa shape index (κ3) is 2.81. The molecule has 0 aliphatic rings. The monoisotopic (exact) mass is 241 g/mol. The van der Waals surface area contributed by atoms with Crippen LogP contribution in [0.25, 0.3) is 0 Å². The third-order valence-electron chi connectivity index (χ3n) is 2.51. The highest BCUT2D eigenvalue weighted by Gasteiger charge is 2.20. The van der Waals surface area contributed by atoms with E-state index in [-0.39, 0.29) is 6.23 Å². The number of rotatable bonds is 6. The predicted octanol–water partition coefficient (Wildman–Crippen LogP) is 1.58. The van der Waals surface area contributed by atoms with Gasteiger partial charge in [0.1, 0.15) is 23.5 Å². The van der Waals surface area contributed by atoms with Gasteiger partial charge >= 0.3 is 0 Å². The highest BCUT2D eigenvalue weighted by Crippen LogP contribution is 2.38. The van der Waals surface area contributed by atoms with Crippen molar-refractivity contribution in [1.82, 2.24) is 5.32 Å². The van der Waals surface area contributed by atoms with Gasteiger partial charge in [-0.3, -0.25) is 5.32 Å². The van der Waals surface area contributed by atoms with Crippen LogP contribution in [-0.2, 0) is 4.74 Å². The maximum Gasteiger partial charge on any atom is 0.140 e. The fraction of sp³-hybridized carbons (Fsp3) is 0.500. The van der Waals surface area contributed by atoms with E-state index in [0.29, 0.717) is 17.2 Å². The fourth-order valence-corrected chi connectivity index (χ4v) is 1.67. The van der Waals surface area contributed by atoms with Crippen LogP contribution >= 0.6 is 0 Å². The molecule has 0 radical (unpaired) electrons. The molecule has 0 saturated heterocycles. The van der Waals surface area contributed by atoms with Gasteiger partial charge < -0.3 is 18.9 Å². The van der Waals surface area contributed by atoms with Crippen molar-refractivity contribution in [3.05, 3.63) is 17.7 Å². The molecular formula is C12H19NO4. The van der Waals surface area contributed by atoms with E-state index >= 15 is 0 Å². The minimum atomic E-state index is -0.300. The predicted molar refractivity (Wildman–Crippen MR) is 64.9 cm³/mol. The van der Waals surface area contributed by atoms with Gasteiger partial charge in [0, 0.05) is 19.2 Å². The lowest BCUT2D eigenvalue weighted by atomic mass is 10.1. The molecule has 0 fully saturated rings. The van der Waals surface area contributed by atoms with E-state index in [1.165, 1.54) is 0 Å². The van der Waals surface area contributed by atoms with E-state index in [2.05, 4.69) is 5.32 Å². The SMILES string of the molecule is CNC(OC)c1c(OC)cc(OC)cc1OC. The van der Waals surface area contributed by atoms with Crippen LogP contribution in [0, 0.1) is 0 Å². The first-order valence-corrected chi connectivity index (χ1v) is 5.21. The molecule has 5 nitrogen and oxygen atoms in total. The van der Waals surface area contributed by atoms with Crippen LogP contribution < -0.4 is 19.5 Å². The van der Waals surface area contributed by atoms with Gasteiger partial charge in [-0.1, -0.05) is 0 Å². The quantitative estimate of drug-likeness (QED) is 0.766. The van der Waals surface area contributed by atoms with E-state index < -0.39 is 0 Å². The van der Waals surface area contributed by atoms with Gasteiger partial charge in [0.2, 0.25) is 0 Å². The Bertz CT molecular complexity index is 339. The maximum atomic E-state index is 5.33. The molecule has 0 spiro atoms. The summed E-state index contributed by atoms with van der Waals surface area (Å²) in [4.78, 5) is 0. The van der Waals surface area contributed by atoms with Gasteiger partial charge in [-0.25, -0.2) is 0 Å². The topological polar surface area (TPSA) is 49.0 Å². The van der Waals surface area contributed by atoms with Crippen LogP contribution in [0.2, 0.25) is 0 Å². The van der Waals surface area contributed by atoms with Crippen LogP contribution in [0.5, 0.6) is 17.2 Å². The molecule has 0 aliphatic heterocycles. The van der Waals surface area contributed by atoms with Crippen LogP contribution in [0.1, 0.15) is 11.8 Å². The molecule has 1 rings (SSSR count). The van der Waals surface area contributed by atoms with Gasteiger partial charge in [0.05, 0.1) is 26.9 Å². The minimum absolute atomic E-state index is 0.300. The normalized spacial score (nSPS) is 12.1. The smallest absolute Gasteiger partial charge is 0.140 e. The summed E-state index contributed by atoms with van der Waals surface area (Å²) >= 11 is 0. The molecular weight excluding hydrogens is 222 g/mol. The zero-order valence-electron chi connectivity index (χ0n) is 10.9. The minimum Gasteiger partial charge on any atom is -0.496 e. The summed E-state index contributed by atoms with van der Waals surface area (Å²) in [6, 6.07) is 3.59. The molecule has 0 aliphatic carbocycles. The Morgan fingerprint density at radius 1 is 0.941 bits per heavy atom. The Labute approximate surface area is 102 Å². The Morgan fingerprint density at radius 2 is 1.47 bits per heavy atom. The molecule has 1 aromatic rings. The molecule has 17 heavy (non-hydrogen) atoms. The fourth-order valence-electron chi connectivity index (χ4n) is 1.67. The number of ether oxygens (including phenoxy) is 4. The van der Waals surface area contributed by atoms with Crippen molar-refractivity contribution >= 4 is 0 Å². The summed E-state index contributed by atoms with van der Waals surface area (Å²) in [5.74, 6) is 1.98. The Kier molecular flexibility index (Phi) is 5.06. The summed E-state index contributed by atoms with van der Waals surface area (Å²) in [5, 5.41) is 3.03. The number of methoxy groups -OCH3 is 4. The number of nitrogens with one attached hydrogen (secondary N) is 1. The second-order valence-corrected chi connectivity index (χ2v) is 3.35. The first kappa shape index (κ1) is 13.6. The second-order valence-electron chi connectivity index (χ2n) is 3.35. The van der Waals surface area contributed by atoms with Crippen molar-refractivity contribution in [1.29, 1.82) is 0 Å². The molecule has 1 N–H and O–H groups in total. The molecule has 96 valence electrons. The molecule has 0 amide bonds. The van der Waals surface area contributed by atoms with Crippen molar-refractivity contribution in [2.45, 2.75) is 6.23 Å². The summed E-state index contributed by atoms with van der Waals surface area (Å²) in [6.07, 6.45) is -0.300. The largest absolute Gasteiger partial charge is 0.496 e. The lowest BCUT2D eigenvalue weighted by Crippen LogP contribution is -2.19. The second kappa shape index (κ2) is 6.32. The summed E-state index contributed by atoms with van der Waals surface area (Å²) in [6.45, 7) is 0. The highest BCUT2D eigenvalue weighted by molar-refractivity contribution is 5.51. The first-order chi connectivity index (χ1) is 8.21. The van der Waals surface area contributed by atoms with E-state index in [4.69, 9.17) is 18.9 Å². The van der Waals surface area contributed by atoms with E-state index in [9.17, 15) is 0 Å². The summed E-state index contributed by atoms with van der Waals surface area (Å²) in [5.41, 5.74) is 0.806. The molecule has 5 heteroatoms. The van der Waals surface area contributed by atoms with Gasteiger partial charge in [-0.2, -0.15) is 0 Å². The molecule has 0 aromatic heterocycles. The van der Waals surface area contributed by atoms with Crippen LogP contribution in [0.15, 0.2) is 12.1 Å². The first-order valence-electron chi connectivity index (χ1n) is 5.21. The van der Waals surface area contributed by atoms with Crippen molar-refractivity contribution in [3.63, 3.8) is 0 Å². The molecule has 1 aromatic carbocycles. The zero-order chi connectivity index (χ0) is 12.8. The number of hydrogen-bond acceptors (Lipinski definition) is 5. The van der Waals surface area contributed by atoms with E-state index in [1.54, 1.807) is 47.6 Å².